The summed E-state index contributed by atoms with van der Waals surface area (Å²) in [7, 11) is 0. The molecule has 6 heteroatoms. The first-order valence-corrected chi connectivity index (χ1v) is 10.7. The van der Waals surface area contributed by atoms with Crippen molar-refractivity contribution in [3.63, 3.8) is 0 Å². The summed E-state index contributed by atoms with van der Waals surface area (Å²) in [5.41, 5.74) is 4.12. The zero-order chi connectivity index (χ0) is 19.8. The molecular formula is C23H24ClN5. The van der Waals surface area contributed by atoms with E-state index in [0.29, 0.717) is 5.92 Å². The third-order valence-electron chi connectivity index (χ3n) is 5.93. The molecule has 1 saturated carbocycles. The Labute approximate surface area is 176 Å². The summed E-state index contributed by atoms with van der Waals surface area (Å²) in [5, 5.41) is 16.8. The highest BCUT2D eigenvalue weighted by molar-refractivity contribution is 6.30. The molecule has 0 amide bonds. The lowest BCUT2D eigenvalue weighted by Gasteiger charge is -2.26. The molecule has 0 N–H and O–H groups in total. The Balaban J connectivity index is 1.67. The van der Waals surface area contributed by atoms with Gasteiger partial charge in [-0.15, -0.1) is 10.2 Å². The van der Waals surface area contributed by atoms with E-state index in [-0.39, 0.29) is 0 Å². The second-order valence-corrected chi connectivity index (χ2v) is 8.38. The number of para-hydroxylation sites is 1. The second kappa shape index (κ2) is 7.64. The average molecular weight is 406 g/mol. The van der Waals surface area contributed by atoms with Gasteiger partial charge in [0.1, 0.15) is 11.5 Å². The van der Waals surface area contributed by atoms with Gasteiger partial charge in [0.2, 0.25) is 0 Å². The van der Waals surface area contributed by atoms with E-state index < -0.39 is 0 Å². The minimum Gasteiger partial charge on any atom is -0.263 e. The normalized spacial score (nSPS) is 16.8. The van der Waals surface area contributed by atoms with Crippen LogP contribution in [0.25, 0.3) is 5.69 Å². The maximum Gasteiger partial charge on any atom is 0.252 e. The van der Waals surface area contributed by atoms with Crippen LogP contribution in [0.2, 0.25) is 5.02 Å². The Morgan fingerprint density at radius 3 is 2.52 bits per heavy atom. The Bertz CT molecular complexity index is 1050. The van der Waals surface area contributed by atoms with Crippen molar-refractivity contribution in [3.8, 4) is 5.69 Å². The monoisotopic (exact) mass is 405 g/mol. The standard InChI is InChI=1S/C23H24ClN5/c1-16-25-26-23-28(15-17-7-3-2-4-8-17)27-22(18-11-13-19(24)14-12-18)20-9-5-6-10-21(20)29(16)23/h5-6,9-14,17H,2-4,7-8,15H2,1H3. The Kier molecular flexibility index (Phi) is 4.84. The third kappa shape index (κ3) is 3.44. The zero-order valence-electron chi connectivity index (χ0n) is 16.6. The van der Waals surface area contributed by atoms with Crippen LogP contribution >= 0.6 is 11.6 Å². The van der Waals surface area contributed by atoms with Gasteiger partial charge < -0.3 is 0 Å². The minimum atomic E-state index is 0.630. The fourth-order valence-corrected chi connectivity index (χ4v) is 4.57. The van der Waals surface area contributed by atoms with Crippen molar-refractivity contribution in [2.24, 2.45) is 11.0 Å². The first kappa shape index (κ1) is 18.4. The van der Waals surface area contributed by atoms with Crippen molar-refractivity contribution in [3.05, 3.63) is 70.5 Å². The van der Waals surface area contributed by atoms with Gasteiger partial charge in [0.25, 0.3) is 5.95 Å². The predicted molar refractivity (Wildman–Crippen MR) is 117 cm³/mol. The van der Waals surface area contributed by atoms with Crippen LogP contribution in [0.15, 0.2) is 53.6 Å². The molecule has 2 heterocycles. The minimum absolute atomic E-state index is 0.630. The van der Waals surface area contributed by atoms with Crippen LogP contribution in [0.5, 0.6) is 0 Å². The lowest BCUT2D eigenvalue weighted by atomic mass is 9.89. The Morgan fingerprint density at radius 2 is 1.72 bits per heavy atom. The Hall–Kier alpha value is -2.66. The molecule has 0 bridgehead atoms. The smallest absolute Gasteiger partial charge is 0.252 e. The zero-order valence-corrected chi connectivity index (χ0v) is 17.3. The molecule has 148 valence electrons. The number of halogens is 1. The van der Waals surface area contributed by atoms with Crippen molar-refractivity contribution in [2.75, 3.05) is 11.6 Å². The van der Waals surface area contributed by atoms with Crippen molar-refractivity contribution < 1.29 is 0 Å². The lowest BCUT2D eigenvalue weighted by Crippen LogP contribution is -2.28. The van der Waals surface area contributed by atoms with Crippen molar-refractivity contribution in [2.45, 2.75) is 39.0 Å². The lowest BCUT2D eigenvalue weighted by molar-refractivity contribution is 0.358. The molecule has 1 aliphatic heterocycles. The number of anilines is 1. The molecule has 0 unspecified atom stereocenters. The molecule has 1 aromatic heterocycles. The molecule has 2 aliphatic rings. The van der Waals surface area contributed by atoms with E-state index in [4.69, 9.17) is 16.7 Å². The molecule has 0 radical (unpaired) electrons. The fourth-order valence-electron chi connectivity index (χ4n) is 4.45. The summed E-state index contributed by atoms with van der Waals surface area (Å²) in [6, 6.07) is 16.3. The molecule has 1 aliphatic carbocycles. The number of benzene rings is 2. The van der Waals surface area contributed by atoms with Crippen molar-refractivity contribution in [1.29, 1.82) is 0 Å². The third-order valence-corrected chi connectivity index (χ3v) is 6.18. The van der Waals surface area contributed by atoms with E-state index >= 15 is 0 Å². The van der Waals surface area contributed by atoms with E-state index in [2.05, 4.69) is 44.0 Å². The van der Waals surface area contributed by atoms with Crippen LogP contribution in [0.3, 0.4) is 0 Å². The van der Waals surface area contributed by atoms with Gasteiger partial charge in [0, 0.05) is 22.7 Å². The van der Waals surface area contributed by atoms with Gasteiger partial charge in [-0.2, -0.15) is 5.10 Å². The first-order valence-electron chi connectivity index (χ1n) is 10.3. The number of rotatable bonds is 3. The van der Waals surface area contributed by atoms with Crippen LogP contribution in [-0.2, 0) is 0 Å². The van der Waals surface area contributed by atoms with E-state index in [0.717, 1.165) is 45.9 Å². The van der Waals surface area contributed by atoms with Crippen LogP contribution in [0.1, 0.15) is 49.1 Å². The van der Waals surface area contributed by atoms with Gasteiger partial charge in [-0.05, 0) is 43.9 Å². The van der Waals surface area contributed by atoms with Crippen LogP contribution in [0, 0.1) is 12.8 Å². The highest BCUT2D eigenvalue weighted by Crippen LogP contribution is 2.32. The quantitative estimate of drug-likeness (QED) is 0.587. The maximum absolute atomic E-state index is 6.14. The molecule has 0 spiro atoms. The summed E-state index contributed by atoms with van der Waals surface area (Å²) in [6.45, 7) is 2.86. The Morgan fingerprint density at radius 1 is 0.966 bits per heavy atom. The summed E-state index contributed by atoms with van der Waals surface area (Å²) >= 11 is 6.14. The van der Waals surface area contributed by atoms with Crippen LogP contribution in [-0.4, -0.2) is 27.0 Å². The van der Waals surface area contributed by atoms with Gasteiger partial charge in [-0.25, -0.2) is 5.01 Å². The number of hydrogen-bond donors (Lipinski definition) is 0. The summed E-state index contributed by atoms with van der Waals surface area (Å²) in [6.07, 6.45) is 6.46. The van der Waals surface area contributed by atoms with E-state index in [1.54, 1.807) is 0 Å². The van der Waals surface area contributed by atoms with Gasteiger partial charge in [-0.1, -0.05) is 61.2 Å². The van der Waals surface area contributed by atoms with E-state index in [1.165, 1.54) is 32.1 Å². The number of fused-ring (bicyclic) bond motifs is 3. The highest BCUT2D eigenvalue weighted by Gasteiger charge is 2.28. The maximum atomic E-state index is 6.14. The molecule has 29 heavy (non-hydrogen) atoms. The summed E-state index contributed by atoms with van der Waals surface area (Å²) < 4.78 is 2.13. The molecule has 0 atom stereocenters. The number of aromatic nitrogens is 3. The van der Waals surface area contributed by atoms with Crippen LogP contribution in [0.4, 0.5) is 5.95 Å². The van der Waals surface area contributed by atoms with Crippen LogP contribution < -0.4 is 5.01 Å². The molecular weight excluding hydrogens is 382 g/mol. The molecule has 1 fully saturated rings. The number of nitrogens with zero attached hydrogens (tertiary/aromatic N) is 5. The number of hydrogen-bond acceptors (Lipinski definition) is 4. The van der Waals surface area contributed by atoms with Gasteiger partial charge in [0.15, 0.2) is 0 Å². The molecule has 5 rings (SSSR count). The topological polar surface area (TPSA) is 46.3 Å². The predicted octanol–water partition coefficient (Wildman–Crippen LogP) is 5.38. The van der Waals surface area contributed by atoms with Gasteiger partial charge in [-0.3, -0.25) is 4.57 Å². The molecule has 3 aromatic rings. The highest BCUT2D eigenvalue weighted by atomic mass is 35.5. The van der Waals surface area contributed by atoms with E-state index in [1.807, 2.05) is 31.2 Å². The van der Waals surface area contributed by atoms with Crippen molar-refractivity contribution in [1.82, 2.24) is 14.8 Å². The molecule has 2 aromatic carbocycles. The van der Waals surface area contributed by atoms with Crippen molar-refractivity contribution >= 4 is 23.3 Å². The van der Waals surface area contributed by atoms with Gasteiger partial charge >= 0.3 is 0 Å². The fraction of sp³-hybridized carbons (Fsp3) is 0.348. The second-order valence-electron chi connectivity index (χ2n) is 7.94. The SMILES string of the molecule is Cc1nnc2n1-c1ccccc1C(c1ccc(Cl)cc1)=NN2CC1CCCCC1. The number of hydrazone groups is 1. The van der Waals surface area contributed by atoms with Gasteiger partial charge in [0.05, 0.1) is 5.69 Å². The number of aryl methyl sites for hydroxylation is 1. The largest absolute Gasteiger partial charge is 0.263 e. The average Bonchev–Trinajstić information content (AvgIpc) is 3.07. The summed E-state index contributed by atoms with van der Waals surface area (Å²) in [5.74, 6) is 2.30. The molecule has 5 nitrogen and oxygen atoms in total. The first-order chi connectivity index (χ1) is 14.2. The summed E-state index contributed by atoms with van der Waals surface area (Å²) in [4.78, 5) is 0. The molecule has 0 saturated heterocycles. The van der Waals surface area contributed by atoms with E-state index in [9.17, 15) is 0 Å².